The number of nitrogens with zero attached hydrogens (tertiary/aromatic N) is 1. The summed E-state index contributed by atoms with van der Waals surface area (Å²) in [5.74, 6) is -1.36. The van der Waals surface area contributed by atoms with Crippen molar-refractivity contribution in [2.24, 2.45) is 0 Å². The third kappa shape index (κ3) is 5.96. The molecule has 0 spiro atoms. The van der Waals surface area contributed by atoms with Crippen LogP contribution in [0.2, 0.25) is 0 Å². The van der Waals surface area contributed by atoms with Crippen molar-refractivity contribution in [1.29, 1.82) is 5.26 Å². The zero-order chi connectivity index (χ0) is 24.0. The van der Waals surface area contributed by atoms with Gasteiger partial charge in [-0.2, -0.15) is 13.7 Å². The number of para-hydroxylation sites is 1. The molecule has 0 bridgehead atoms. The van der Waals surface area contributed by atoms with Crippen molar-refractivity contribution in [3.05, 3.63) is 89.0 Å². The third-order valence-electron chi connectivity index (χ3n) is 4.56. The Bertz CT molecular complexity index is 1340. The number of nitriles is 1. The van der Waals surface area contributed by atoms with Crippen LogP contribution in [0.4, 0.5) is 5.69 Å². The molecule has 0 aliphatic rings. The number of esters is 1. The van der Waals surface area contributed by atoms with E-state index in [-0.39, 0.29) is 21.8 Å². The molecule has 1 N–H and O–H groups in total. The molecule has 8 nitrogen and oxygen atoms in total. The van der Waals surface area contributed by atoms with E-state index in [1.807, 2.05) is 6.07 Å². The van der Waals surface area contributed by atoms with Crippen molar-refractivity contribution >= 4 is 27.7 Å². The molecule has 3 rings (SSSR count). The van der Waals surface area contributed by atoms with E-state index in [4.69, 9.17) is 14.2 Å². The van der Waals surface area contributed by atoms with E-state index in [0.717, 1.165) is 5.56 Å². The number of carbonyl (C=O) groups excluding carboxylic acids is 2. The first-order valence-electron chi connectivity index (χ1n) is 9.77. The monoisotopic (exact) mass is 464 g/mol. The van der Waals surface area contributed by atoms with E-state index in [0.29, 0.717) is 11.3 Å². The second-order valence-electron chi connectivity index (χ2n) is 7.11. The summed E-state index contributed by atoms with van der Waals surface area (Å²) in [7, 11) is -4.05. The molecule has 0 heterocycles. The number of amides is 1. The first-order valence-corrected chi connectivity index (χ1v) is 11.2. The van der Waals surface area contributed by atoms with Gasteiger partial charge in [0.1, 0.15) is 16.7 Å². The fourth-order valence-corrected chi connectivity index (χ4v) is 4.13. The summed E-state index contributed by atoms with van der Waals surface area (Å²) < 4.78 is 35.3. The van der Waals surface area contributed by atoms with E-state index in [2.05, 4.69) is 5.32 Å². The standard InChI is InChI=1S/C24H20N2O6S/c1-16-7-8-17(2)22(13-16)33(29,30)32-20-11-9-18(10-12-20)24(28)31-15-23(27)26-21-6-4-3-5-19(21)14-25/h3-13H,15H2,1-2H3,(H,26,27). The lowest BCUT2D eigenvalue weighted by atomic mass is 10.2. The first kappa shape index (κ1) is 23.5. The van der Waals surface area contributed by atoms with Gasteiger partial charge < -0.3 is 14.2 Å². The lowest BCUT2D eigenvalue weighted by Crippen LogP contribution is -2.21. The molecule has 0 saturated carbocycles. The molecule has 0 aliphatic carbocycles. The Morgan fingerprint density at radius 2 is 1.70 bits per heavy atom. The predicted molar refractivity (Wildman–Crippen MR) is 120 cm³/mol. The van der Waals surface area contributed by atoms with E-state index in [9.17, 15) is 18.0 Å². The molecule has 168 valence electrons. The van der Waals surface area contributed by atoms with Crippen molar-refractivity contribution in [3.8, 4) is 11.8 Å². The van der Waals surface area contributed by atoms with Gasteiger partial charge in [0.2, 0.25) is 0 Å². The highest BCUT2D eigenvalue weighted by atomic mass is 32.2. The molecule has 0 saturated heterocycles. The normalized spacial score (nSPS) is 10.7. The average molecular weight is 464 g/mol. The van der Waals surface area contributed by atoms with Gasteiger partial charge in [-0.1, -0.05) is 24.3 Å². The lowest BCUT2D eigenvalue weighted by molar-refractivity contribution is -0.119. The number of anilines is 1. The Labute approximate surface area is 191 Å². The van der Waals surface area contributed by atoms with Gasteiger partial charge in [0.25, 0.3) is 5.91 Å². The molecule has 0 radical (unpaired) electrons. The summed E-state index contributed by atoms with van der Waals surface area (Å²) in [6.07, 6.45) is 0. The number of aryl methyl sites for hydroxylation is 2. The average Bonchev–Trinajstić information content (AvgIpc) is 2.79. The van der Waals surface area contributed by atoms with Crippen LogP contribution < -0.4 is 9.50 Å². The fourth-order valence-electron chi connectivity index (χ4n) is 2.89. The Hall–Kier alpha value is -4.16. The van der Waals surface area contributed by atoms with Crippen LogP contribution in [-0.4, -0.2) is 26.9 Å². The predicted octanol–water partition coefficient (Wildman–Crippen LogP) is 3.74. The third-order valence-corrected chi connectivity index (χ3v) is 5.96. The van der Waals surface area contributed by atoms with Crippen LogP contribution in [0.15, 0.2) is 71.6 Å². The molecule has 33 heavy (non-hydrogen) atoms. The highest BCUT2D eigenvalue weighted by molar-refractivity contribution is 7.87. The maximum atomic E-state index is 12.6. The summed E-state index contributed by atoms with van der Waals surface area (Å²) >= 11 is 0. The van der Waals surface area contributed by atoms with Crippen molar-refractivity contribution in [2.75, 3.05) is 11.9 Å². The number of hydrogen-bond donors (Lipinski definition) is 1. The first-order chi connectivity index (χ1) is 15.7. The summed E-state index contributed by atoms with van der Waals surface area (Å²) in [4.78, 5) is 24.3. The largest absolute Gasteiger partial charge is 0.452 e. The molecule has 9 heteroatoms. The maximum absolute atomic E-state index is 12.6. The molecule has 3 aromatic rings. The fraction of sp³-hybridized carbons (Fsp3) is 0.125. The Kier molecular flexibility index (Phi) is 7.10. The van der Waals surface area contributed by atoms with Crippen molar-refractivity contribution in [2.45, 2.75) is 18.7 Å². The summed E-state index contributed by atoms with van der Waals surface area (Å²) in [6.45, 7) is 2.89. The van der Waals surface area contributed by atoms with Gasteiger partial charge >= 0.3 is 16.1 Å². The van der Waals surface area contributed by atoms with E-state index >= 15 is 0 Å². The van der Waals surface area contributed by atoms with Gasteiger partial charge in [0, 0.05) is 0 Å². The Morgan fingerprint density at radius 3 is 2.39 bits per heavy atom. The van der Waals surface area contributed by atoms with E-state index in [1.54, 1.807) is 50.2 Å². The van der Waals surface area contributed by atoms with Crippen LogP contribution in [0, 0.1) is 25.2 Å². The van der Waals surface area contributed by atoms with Crippen LogP contribution in [-0.2, 0) is 19.6 Å². The van der Waals surface area contributed by atoms with E-state index in [1.165, 1.54) is 30.3 Å². The quantitative estimate of drug-likeness (QED) is 0.417. The smallest absolute Gasteiger partial charge is 0.339 e. The van der Waals surface area contributed by atoms with Crippen LogP contribution in [0.3, 0.4) is 0 Å². The number of benzene rings is 3. The summed E-state index contributed by atoms with van der Waals surface area (Å²) in [5, 5.41) is 11.5. The molecule has 0 unspecified atom stereocenters. The second kappa shape index (κ2) is 9.97. The van der Waals surface area contributed by atoms with Gasteiger partial charge in [-0.25, -0.2) is 4.79 Å². The molecule has 3 aromatic carbocycles. The number of nitrogens with one attached hydrogen (secondary N) is 1. The van der Waals surface area contributed by atoms with Gasteiger partial charge in [-0.3, -0.25) is 4.79 Å². The minimum absolute atomic E-state index is 0.0262. The number of rotatable bonds is 7. The van der Waals surface area contributed by atoms with Crippen molar-refractivity contribution in [1.82, 2.24) is 0 Å². The topological polar surface area (TPSA) is 123 Å². The summed E-state index contributed by atoms with van der Waals surface area (Å²) in [6, 6.07) is 18.7. The summed E-state index contributed by atoms with van der Waals surface area (Å²) in [5.41, 5.74) is 2.03. The molecular formula is C24H20N2O6S. The molecule has 0 aliphatic heterocycles. The highest BCUT2D eigenvalue weighted by Gasteiger charge is 2.20. The molecule has 1 amide bonds. The highest BCUT2D eigenvalue weighted by Crippen LogP contribution is 2.23. The molecule has 0 atom stereocenters. The van der Waals surface area contributed by atoms with E-state index < -0.39 is 28.6 Å². The SMILES string of the molecule is Cc1ccc(C)c(S(=O)(=O)Oc2ccc(C(=O)OCC(=O)Nc3ccccc3C#N)cc2)c1. The second-order valence-corrected chi connectivity index (χ2v) is 8.63. The minimum Gasteiger partial charge on any atom is -0.452 e. The Morgan fingerprint density at radius 1 is 1.00 bits per heavy atom. The Balaban J connectivity index is 1.60. The lowest BCUT2D eigenvalue weighted by Gasteiger charge is -2.11. The molecule has 0 aromatic heterocycles. The van der Waals surface area contributed by atoms with Gasteiger partial charge in [0.05, 0.1) is 16.8 Å². The number of carbonyl (C=O) groups is 2. The minimum atomic E-state index is -4.05. The number of ether oxygens (including phenoxy) is 1. The van der Waals surface area contributed by atoms with Crippen LogP contribution >= 0.6 is 0 Å². The van der Waals surface area contributed by atoms with Crippen molar-refractivity contribution < 1.29 is 26.9 Å². The molecular weight excluding hydrogens is 444 g/mol. The van der Waals surface area contributed by atoms with Crippen LogP contribution in [0.1, 0.15) is 27.0 Å². The van der Waals surface area contributed by atoms with Crippen LogP contribution in [0.25, 0.3) is 0 Å². The maximum Gasteiger partial charge on any atom is 0.339 e. The van der Waals surface area contributed by atoms with Crippen LogP contribution in [0.5, 0.6) is 5.75 Å². The van der Waals surface area contributed by atoms with Crippen molar-refractivity contribution in [3.63, 3.8) is 0 Å². The van der Waals surface area contributed by atoms with Gasteiger partial charge in [0.15, 0.2) is 6.61 Å². The van der Waals surface area contributed by atoms with Gasteiger partial charge in [-0.05, 0) is 67.4 Å². The van der Waals surface area contributed by atoms with Gasteiger partial charge in [-0.15, -0.1) is 0 Å². The zero-order valence-corrected chi connectivity index (χ0v) is 18.7. The molecule has 0 fully saturated rings. The number of hydrogen-bond acceptors (Lipinski definition) is 7. The zero-order valence-electron chi connectivity index (χ0n) is 17.9.